The Kier molecular flexibility index (Phi) is 2.13. The number of carbonyl (C=O) groups is 1. The molecule has 1 aliphatic heterocycles. The highest BCUT2D eigenvalue weighted by Crippen LogP contribution is 2.32. The summed E-state index contributed by atoms with van der Waals surface area (Å²) in [6.07, 6.45) is 0. The van der Waals surface area contributed by atoms with E-state index in [2.05, 4.69) is 0 Å². The highest BCUT2D eigenvalue weighted by Gasteiger charge is 2.35. The number of hydrogen-bond donors (Lipinski definition) is 2. The van der Waals surface area contributed by atoms with Crippen LogP contribution < -0.4 is 0 Å². The second kappa shape index (κ2) is 3.31. The lowest BCUT2D eigenvalue weighted by molar-refractivity contribution is -0.141. The number of aliphatic carboxylic acids is 1. The van der Waals surface area contributed by atoms with Crippen LogP contribution in [0.25, 0.3) is 0 Å². The molecule has 4 heteroatoms. The number of rotatable bonds is 3. The summed E-state index contributed by atoms with van der Waals surface area (Å²) in [4.78, 5) is 12.8. The van der Waals surface area contributed by atoms with Crippen molar-refractivity contribution in [2.75, 3.05) is 13.1 Å². The minimum atomic E-state index is -0.913. The fraction of sp³-hybridized carbons (Fsp3) is 0.300. The molecule has 14 heavy (non-hydrogen) atoms. The van der Waals surface area contributed by atoms with E-state index in [-0.39, 0.29) is 5.75 Å². The molecule has 1 atom stereocenters. The lowest BCUT2D eigenvalue weighted by atomic mass is 10.1. The van der Waals surface area contributed by atoms with Crippen molar-refractivity contribution in [3.63, 3.8) is 0 Å². The van der Waals surface area contributed by atoms with Gasteiger partial charge in [-0.25, -0.2) is 0 Å². The molecule has 0 spiro atoms. The Bertz CT molecular complexity index is 360. The molecule has 0 aliphatic carbocycles. The van der Waals surface area contributed by atoms with E-state index in [1.165, 1.54) is 6.07 Å². The van der Waals surface area contributed by atoms with Gasteiger partial charge in [0.05, 0.1) is 0 Å². The molecule has 74 valence electrons. The highest BCUT2D eigenvalue weighted by atomic mass is 16.4. The molecule has 0 bridgehead atoms. The Balaban J connectivity index is 2.35. The van der Waals surface area contributed by atoms with Crippen molar-refractivity contribution in [1.82, 2.24) is 4.90 Å². The minimum absolute atomic E-state index is 0.0480. The first-order valence-corrected chi connectivity index (χ1v) is 4.45. The first kappa shape index (κ1) is 9.02. The molecule has 1 heterocycles. The monoisotopic (exact) mass is 193 g/mol. The van der Waals surface area contributed by atoms with Gasteiger partial charge in [0.25, 0.3) is 0 Å². The standard InChI is InChI=1S/C10H11NO3/c12-8-4-2-1-3-7(8)9(10(13)14)11-5-6-11/h1-4,9,12H,5-6H2,(H,13,14). The summed E-state index contributed by atoms with van der Waals surface area (Å²) in [5.74, 6) is -0.865. The Morgan fingerprint density at radius 2 is 2.00 bits per heavy atom. The Morgan fingerprint density at radius 1 is 1.36 bits per heavy atom. The maximum absolute atomic E-state index is 11.0. The maximum Gasteiger partial charge on any atom is 0.325 e. The second-order valence-electron chi connectivity index (χ2n) is 3.34. The fourth-order valence-corrected chi connectivity index (χ4v) is 1.52. The number of phenolic OH excluding ortho intramolecular Hbond substituents is 1. The molecule has 0 radical (unpaired) electrons. The third kappa shape index (κ3) is 1.56. The lowest BCUT2D eigenvalue weighted by Crippen LogP contribution is -2.19. The number of carboxylic acid groups (broad SMARTS) is 1. The van der Waals surface area contributed by atoms with Crippen LogP contribution in [0.4, 0.5) is 0 Å². The third-order valence-corrected chi connectivity index (χ3v) is 2.31. The van der Waals surface area contributed by atoms with Gasteiger partial charge in [-0.2, -0.15) is 0 Å². The van der Waals surface area contributed by atoms with Gasteiger partial charge < -0.3 is 10.2 Å². The first-order chi connectivity index (χ1) is 6.70. The predicted molar refractivity (Wildman–Crippen MR) is 50.1 cm³/mol. The number of nitrogens with zero attached hydrogens (tertiary/aromatic N) is 1. The van der Waals surface area contributed by atoms with E-state index in [9.17, 15) is 9.90 Å². The molecule has 4 nitrogen and oxygen atoms in total. The summed E-state index contributed by atoms with van der Waals surface area (Å²) in [6.45, 7) is 1.57. The molecule has 1 aromatic carbocycles. The molecule has 1 fully saturated rings. The van der Waals surface area contributed by atoms with Crippen LogP contribution in [-0.2, 0) is 4.79 Å². The van der Waals surface area contributed by atoms with Gasteiger partial charge >= 0.3 is 5.97 Å². The smallest absolute Gasteiger partial charge is 0.325 e. The summed E-state index contributed by atoms with van der Waals surface area (Å²) >= 11 is 0. The van der Waals surface area contributed by atoms with Gasteiger partial charge in [-0.1, -0.05) is 18.2 Å². The van der Waals surface area contributed by atoms with Gasteiger partial charge in [0.2, 0.25) is 0 Å². The molecular formula is C10H11NO3. The zero-order valence-electron chi connectivity index (χ0n) is 7.55. The van der Waals surface area contributed by atoms with Gasteiger partial charge in [-0.05, 0) is 6.07 Å². The van der Waals surface area contributed by atoms with Crippen LogP contribution in [0.1, 0.15) is 11.6 Å². The lowest BCUT2D eigenvalue weighted by Gasteiger charge is -2.14. The van der Waals surface area contributed by atoms with Crippen LogP contribution in [0.2, 0.25) is 0 Å². The Morgan fingerprint density at radius 3 is 2.50 bits per heavy atom. The molecular weight excluding hydrogens is 182 g/mol. The van der Waals surface area contributed by atoms with Crippen molar-refractivity contribution in [2.45, 2.75) is 6.04 Å². The number of phenols is 1. The molecule has 1 unspecified atom stereocenters. The average Bonchev–Trinajstić information content (AvgIpc) is 2.92. The summed E-state index contributed by atoms with van der Waals surface area (Å²) in [5, 5.41) is 18.5. The Labute approximate surface area is 81.4 Å². The maximum atomic E-state index is 11.0. The molecule has 0 amide bonds. The average molecular weight is 193 g/mol. The molecule has 2 rings (SSSR count). The quantitative estimate of drug-likeness (QED) is 0.698. The van der Waals surface area contributed by atoms with Crippen molar-refractivity contribution in [2.24, 2.45) is 0 Å². The van der Waals surface area contributed by atoms with Crippen molar-refractivity contribution in [1.29, 1.82) is 0 Å². The largest absolute Gasteiger partial charge is 0.508 e. The fourth-order valence-electron chi connectivity index (χ4n) is 1.52. The van der Waals surface area contributed by atoms with Gasteiger partial charge in [-0.3, -0.25) is 9.69 Å². The topological polar surface area (TPSA) is 60.5 Å². The van der Waals surface area contributed by atoms with Gasteiger partial charge in [0.15, 0.2) is 0 Å². The summed E-state index contributed by atoms with van der Waals surface area (Å²) in [5.41, 5.74) is 0.470. The van der Waals surface area contributed by atoms with Crippen LogP contribution in [0.15, 0.2) is 24.3 Å². The normalized spacial score (nSPS) is 17.7. The minimum Gasteiger partial charge on any atom is -0.508 e. The predicted octanol–water partition coefficient (Wildman–Crippen LogP) is 0.833. The van der Waals surface area contributed by atoms with Crippen molar-refractivity contribution in [3.05, 3.63) is 29.8 Å². The van der Waals surface area contributed by atoms with Crippen LogP contribution >= 0.6 is 0 Å². The van der Waals surface area contributed by atoms with E-state index < -0.39 is 12.0 Å². The van der Waals surface area contributed by atoms with E-state index >= 15 is 0 Å². The number of carboxylic acids is 1. The van der Waals surface area contributed by atoms with Gasteiger partial charge in [0, 0.05) is 18.7 Å². The summed E-state index contributed by atoms with van der Waals surface area (Å²) in [6, 6.07) is 5.87. The molecule has 1 aromatic rings. The van der Waals surface area contributed by atoms with E-state index in [1.807, 2.05) is 0 Å². The van der Waals surface area contributed by atoms with Crippen LogP contribution in [0.3, 0.4) is 0 Å². The number of para-hydroxylation sites is 1. The van der Waals surface area contributed by atoms with Crippen LogP contribution in [0.5, 0.6) is 5.75 Å². The summed E-state index contributed by atoms with van der Waals surface area (Å²) < 4.78 is 0. The second-order valence-corrected chi connectivity index (χ2v) is 3.34. The van der Waals surface area contributed by atoms with E-state index in [0.29, 0.717) is 5.56 Å². The van der Waals surface area contributed by atoms with Crippen molar-refractivity contribution < 1.29 is 15.0 Å². The van der Waals surface area contributed by atoms with Crippen LogP contribution in [-0.4, -0.2) is 34.2 Å². The molecule has 1 saturated heterocycles. The molecule has 0 saturated carbocycles. The molecule has 0 aromatic heterocycles. The molecule has 1 aliphatic rings. The van der Waals surface area contributed by atoms with Crippen LogP contribution in [0, 0.1) is 0 Å². The number of hydrogen-bond acceptors (Lipinski definition) is 3. The SMILES string of the molecule is O=C(O)C(c1ccccc1O)N1CC1. The molecule has 2 N–H and O–H groups in total. The van der Waals surface area contributed by atoms with E-state index in [4.69, 9.17) is 5.11 Å². The number of benzene rings is 1. The van der Waals surface area contributed by atoms with Crippen molar-refractivity contribution >= 4 is 5.97 Å². The third-order valence-electron chi connectivity index (χ3n) is 2.31. The highest BCUT2D eigenvalue weighted by molar-refractivity contribution is 5.77. The zero-order valence-corrected chi connectivity index (χ0v) is 7.55. The summed E-state index contributed by atoms with van der Waals surface area (Å²) in [7, 11) is 0. The van der Waals surface area contributed by atoms with Gasteiger partial charge in [-0.15, -0.1) is 0 Å². The van der Waals surface area contributed by atoms with E-state index in [0.717, 1.165) is 13.1 Å². The van der Waals surface area contributed by atoms with E-state index in [1.54, 1.807) is 23.1 Å². The Hall–Kier alpha value is -1.55. The van der Waals surface area contributed by atoms with Crippen molar-refractivity contribution in [3.8, 4) is 5.75 Å². The number of aromatic hydroxyl groups is 1. The first-order valence-electron chi connectivity index (χ1n) is 4.45. The zero-order chi connectivity index (χ0) is 10.1. The van der Waals surface area contributed by atoms with Gasteiger partial charge in [0.1, 0.15) is 11.8 Å².